The maximum absolute atomic E-state index is 13.1. The van der Waals surface area contributed by atoms with Gasteiger partial charge in [0.1, 0.15) is 5.82 Å². The largest absolute Gasteiger partial charge is 0.392 e. The van der Waals surface area contributed by atoms with Crippen molar-refractivity contribution < 1.29 is 14.7 Å². The molecular weight excluding hydrogens is 538 g/mol. The smallest absolute Gasteiger partial charge is 0.324 e. The van der Waals surface area contributed by atoms with Gasteiger partial charge in [0.25, 0.3) is 5.91 Å². The summed E-state index contributed by atoms with van der Waals surface area (Å²) in [7, 11) is 0. The summed E-state index contributed by atoms with van der Waals surface area (Å²) in [4.78, 5) is 28.0. The van der Waals surface area contributed by atoms with Gasteiger partial charge in [-0.1, -0.05) is 62.7 Å². The number of aliphatic hydroxyl groups is 1. The number of carbonyl (C=O) groups excluding carboxylic acids is 2. The Morgan fingerprint density at radius 1 is 0.907 bits per heavy atom. The van der Waals surface area contributed by atoms with Crippen molar-refractivity contribution in [2.75, 3.05) is 23.7 Å². The van der Waals surface area contributed by atoms with E-state index in [1.807, 2.05) is 60.4 Å². The number of nitrogens with one attached hydrogen (secondary N) is 2. The highest BCUT2D eigenvalue weighted by molar-refractivity contribution is 5.99. The summed E-state index contributed by atoms with van der Waals surface area (Å²) in [6.07, 6.45) is 2.74. The fourth-order valence-electron chi connectivity index (χ4n) is 5.38. The molecule has 0 unspecified atom stereocenters. The van der Waals surface area contributed by atoms with Crippen LogP contribution in [0.4, 0.5) is 16.3 Å². The van der Waals surface area contributed by atoms with Crippen LogP contribution in [0.1, 0.15) is 66.4 Å². The zero-order valence-corrected chi connectivity index (χ0v) is 25.4. The molecule has 0 radical (unpaired) electrons. The van der Waals surface area contributed by atoms with Crippen LogP contribution in [0.2, 0.25) is 0 Å². The molecule has 8 nitrogen and oxygen atoms in total. The van der Waals surface area contributed by atoms with Gasteiger partial charge in [0.05, 0.1) is 18.0 Å². The minimum atomic E-state index is -0.329. The molecular formula is C35H41N5O3. The third kappa shape index (κ3) is 7.51. The van der Waals surface area contributed by atoms with Crippen LogP contribution in [0.5, 0.6) is 0 Å². The molecule has 1 fully saturated rings. The molecule has 0 bridgehead atoms. The van der Waals surface area contributed by atoms with Gasteiger partial charge in [-0.3, -0.25) is 10.1 Å². The summed E-state index contributed by atoms with van der Waals surface area (Å²) in [6, 6.07) is 24.8. The van der Waals surface area contributed by atoms with Gasteiger partial charge in [0.2, 0.25) is 0 Å². The fourth-order valence-corrected chi connectivity index (χ4v) is 5.38. The van der Waals surface area contributed by atoms with Crippen molar-refractivity contribution in [3.63, 3.8) is 0 Å². The van der Waals surface area contributed by atoms with Crippen molar-refractivity contribution in [2.24, 2.45) is 5.92 Å². The van der Waals surface area contributed by atoms with Crippen molar-refractivity contribution in [1.29, 1.82) is 0 Å². The predicted molar refractivity (Wildman–Crippen MR) is 171 cm³/mol. The average Bonchev–Trinajstić information content (AvgIpc) is 3.42. The zero-order valence-electron chi connectivity index (χ0n) is 25.4. The first-order valence-electron chi connectivity index (χ1n) is 14.9. The number of urea groups is 1. The molecule has 0 saturated carbocycles. The predicted octanol–water partition coefficient (Wildman–Crippen LogP) is 6.71. The Morgan fingerprint density at radius 3 is 2.26 bits per heavy atom. The number of aromatic nitrogens is 2. The van der Waals surface area contributed by atoms with E-state index < -0.39 is 0 Å². The van der Waals surface area contributed by atoms with E-state index in [0.717, 1.165) is 66.1 Å². The van der Waals surface area contributed by atoms with Gasteiger partial charge in [-0.25, -0.2) is 9.48 Å². The molecule has 1 aliphatic rings. The summed E-state index contributed by atoms with van der Waals surface area (Å²) in [6.45, 7) is 9.75. The maximum atomic E-state index is 13.1. The molecule has 3 aromatic carbocycles. The number of likely N-dealkylation sites (tertiary alicyclic amines) is 1. The second-order valence-electron chi connectivity index (χ2n) is 12.5. The lowest BCUT2D eigenvalue weighted by molar-refractivity contribution is 0.0690. The molecule has 0 aliphatic carbocycles. The second-order valence-corrected chi connectivity index (χ2v) is 12.5. The summed E-state index contributed by atoms with van der Waals surface area (Å²) in [5.74, 6) is 1.11. The number of anilines is 2. The lowest BCUT2D eigenvalue weighted by Gasteiger charge is -2.32. The molecule has 0 atom stereocenters. The van der Waals surface area contributed by atoms with Crippen molar-refractivity contribution in [3.05, 3.63) is 107 Å². The monoisotopic (exact) mass is 579 g/mol. The maximum Gasteiger partial charge on any atom is 0.324 e. The van der Waals surface area contributed by atoms with Crippen molar-refractivity contribution >= 4 is 23.4 Å². The number of rotatable bonds is 7. The summed E-state index contributed by atoms with van der Waals surface area (Å²) >= 11 is 0. The number of hydrogen-bond donors (Lipinski definition) is 3. The van der Waals surface area contributed by atoms with Gasteiger partial charge in [-0.15, -0.1) is 0 Å². The Balaban J connectivity index is 1.19. The number of nitrogens with zero attached hydrogens (tertiary/aromatic N) is 3. The lowest BCUT2D eigenvalue weighted by Crippen LogP contribution is -2.38. The van der Waals surface area contributed by atoms with Crippen LogP contribution in [0.3, 0.4) is 0 Å². The number of benzene rings is 3. The van der Waals surface area contributed by atoms with Gasteiger partial charge >= 0.3 is 6.03 Å². The number of carbonyl (C=O) groups is 2. The van der Waals surface area contributed by atoms with Crippen molar-refractivity contribution in [3.8, 4) is 5.69 Å². The number of aliphatic hydroxyl groups excluding tert-OH is 1. The average molecular weight is 580 g/mol. The lowest BCUT2D eigenvalue weighted by atomic mass is 9.90. The van der Waals surface area contributed by atoms with E-state index in [1.54, 1.807) is 28.9 Å². The molecule has 8 heteroatoms. The highest BCUT2D eigenvalue weighted by atomic mass is 16.3. The first-order chi connectivity index (χ1) is 20.6. The Morgan fingerprint density at radius 2 is 1.60 bits per heavy atom. The van der Waals surface area contributed by atoms with Crippen LogP contribution in [0.15, 0.2) is 78.9 Å². The van der Waals surface area contributed by atoms with E-state index in [4.69, 9.17) is 5.10 Å². The van der Waals surface area contributed by atoms with Crippen LogP contribution >= 0.6 is 0 Å². The van der Waals surface area contributed by atoms with E-state index in [1.165, 1.54) is 0 Å². The Hall–Kier alpha value is -4.43. The summed E-state index contributed by atoms with van der Waals surface area (Å²) in [5.41, 5.74) is 6.09. The standard InChI is InChI=1S/C35H41N5O3/c1-24-8-14-30(15-9-24)40-32(22-31(38-40)35(2,3)4)37-34(43)36-29-7-5-6-27(21-29)20-25-16-18-39(19-17-25)33(42)28-12-10-26(23-41)11-13-28/h5-15,21-22,25,41H,16-20,23H2,1-4H3,(H2,36,37,43). The number of hydrogen-bond acceptors (Lipinski definition) is 4. The molecule has 224 valence electrons. The Labute approximate surface area is 253 Å². The van der Waals surface area contributed by atoms with E-state index >= 15 is 0 Å². The van der Waals surface area contributed by atoms with Gasteiger partial charge < -0.3 is 15.3 Å². The third-order valence-electron chi connectivity index (χ3n) is 7.99. The molecule has 1 aromatic heterocycles. The van der Waals surface area contributed by atoms with Gasteiger partial charge in [-0.2, -0.15) is 5.10 Å². The van der Waals surface area contributed by atoms with E-state index in [2.05, 4.69) is 37.5 Å². The molecule has 2 heterocycles. The van der Waals surface area contributed by atoms with Gasteiger partial charge in [0.15, 0.2) is 0 Å². The Kier molecular flexibility index (Phi) is 8.97. The summed E-state index contributed by atoms with van der Waals surface area (Å²) in [5, 5.41) is 20.0. The topological polar surface area (TPSA) is 99.5 Å². The normalized spacial score (nSPS) is 14.0. The third-order valence-corrected chi connectivity index (χ3v) is 7.99. The number of aryl methyl sites for hydroxylation is 1. The first kappa shape index (κ1) is 30.0. The van der Waals surface area contributed by atoms with E-state index in [9.17, 15) is 14.7 Å². The van der Waals surface area contributed by atoms with Gasteiger partial charge in [0, 0.05) is 35.8 Å². The second kappa shape index (κ2) is 12.8. The highest BCUT2D eigenvalue weighted by Crippen LogP contribution is 2.27. The van der Waals surface area contributed by atoms with Crippen molar-refractivity contribution in [1.82, 2.24) is 14.7 Å². The van der Waals surface area contributed by atoms with Crippen LogP contribution in [0, 0.1) is 12.8 Å². The van der Waals surface area contributed by atoms with Crippen LogP contribution in [-0.2, 0) is 18.4 Å². The SMILES string of the molecule is Cc1ccc(-n2nc(C(C)(C)C)cc2NC(=O)Nc2cccc(CC3CCN(C(=O)c4ccc(CO)cc4)CC3)c2)cc1. The molecule has 1 aliphatic heterocycles. The van der Waals surface area contributed by atoms with Gasteiger partial charge in [-0.05, 0) is 79.6 Å². The molecule has 0 spiro atoms. The van der Waals surface area contributed by atoms with E-state index in [-0.39, 0.29) is 24.0 Å². The van der Waals surface area contributed by atoms with Crippen molar-refractivity contribution in [2.45, 2.75) is 59.0 Å². The van der Waals surface area contributed by atoms with E-state index in [0.29, 0.717) is 17.3 Å². The summed E-state index contributed by atoms with van der Waals surface area (Å²) < 4.78 is 1.78. The molecule has 3 amide bonds. The highest BCUT2D eigenvalue weighted by Gasteiger charge is 2.24. The quantitative estimate of drug-likeness (QED) is 0.227. The Bertz CT molecular complexity index is 1560. The fraction of sp³-hybridized carbons (Fsp3) is 0.343. The molecule has 5 rings (SSSR count). The minimum Gasteiger partial charge on any atom is -0.392 e. The number of amides is 3. The molecule has 3 N–H and O–H groups in total. The number of piperidine rings is 1. The van der Waals surface area contributed by atoms with Crippen LogP contribution < -0.4 is 10.6 Å². The minimum absolute atomic E-state index is 0.0286. The zero-order chi connectivity index (χ0) is 30.6. The molecule has 1 saturated heterocycles. The van der Waals surface area contributed by atoms with Crippen LogP contribution in [0.25, 0.3) is 5.69 Å². The molecule has 4 aromatic rings. The first-order valence-corrected chi connectivity index (χ1v) is 14.9. The molecule has 43 heavy (non-hydrogen) atoms. The van der Waals surface area contributed by atoms with Crippen LogP contribution in [-0.4, -0.2) is 44.8 Å².